The first-order chi connectivity index (χ1) is 10.1. The number of anilines is 1. The molecular weight excluding hydrogens is 308 g/mol. The minimum Gasteiger partial charge on any atom is -0.326 e. The molecule has 0 radical (unpaired) electrons. The minimum absolute atomic E-state index is 0.122. The summed E-state index contributed by atoms with van der Waals surface area (Å²) in [7, 11) is -3.71. The summed E-state index contributed by atoms with van der Waals surface area (Å²) in [4.78, 5) is 0.122. The highest BCUT2D eigenvalue weighted by Gasteiger charge is 2.22. The Labute approximate surface area is 125 Å². The van der Waals surface area contributed by atoms with E-state index in [4.69, 9.17) is 5.73 Å². The van der Waals surface area contributed by atoms with Crippen molar-refractivity contribution in [2.75, 3.05) is 4.72 Å². The molecule has 0 unspecified atom stereocenters. The SMILES string of the molecule is NCc1ccc(NS(=O)(=O)c2cccc3c2N=S=N3)cc1. The van der Waals surface area contributed by atoms with E-state index in [9.17, 15) is 8.42 Å². The van der Waals surface area contributed by atoms with E-state index in [0.29, 0.717) is 23.6 Å². The van der Waals surface area contributed by atoms with E-state index in [1.54, 1.807) is 36.4 Å². The van der Waals surface area contributed by atoms with Crippen molar-refractivity contribution in [3.8, 4) is 0 Å². The van der Waals surface area contributed by atoms with Crippen LogP contribution in [-0.2, 0) is 27.9 Å². The van der Waals surface area contributed by atoms with Crippen LogP contribution in [0.5, 0.6) is 0 Å². The molecule has 8 heteroatoms. The lowest BCUT2D eigenvalue weighted by Gasteiger charge is -2.10. The first-order valence-electron chi connectivity index (χ1n) is 6.13. The van der Waals surface area contributed by atoms with Gasteiger partial charge < -0.3 is 5.73 Å². The van der Waals surface area contributed by atoms with Crippen LogP contribution in [0.25, 0.3) is 0 Å². The second-order valence-electron chi connectivity index (χ2n) is 4.39. The van der Waals surface area contributed by atoms with Gasteiger partial charge in [0.15, 0.2) is 0 Å². The number of hydrogen-bond donors (Lipinski definition) is 2. The summed E-state index contributed by atoms with van der Waals surface area (Å²) in [6.45, 7) is 0.414. The van der Waals surface area contributed by atoms with Gasteiger partial charge in [-0.05, 0) is 29.8 Å². The van der Waals surface area contributed by atoms with Crippen molar-refractivity contribution in [2.24, 2.45) is 14.5 Å². The number of sulfonamides is 1. The van der Waals surface area contributed by atoms with E-state index in [1.807, 2.05) is 0 Å². The molecule has 0 saturated heterocycles. The third-order valence-corrected chi connectivity index (χ3v) is 4.94. The lowest BCUT2D eigenvalue weighted by molar-refractivity contribution is 0.601. The molecule has 0 atom stereocenters. The molecule has 0 spiro atoms. The predicted octanol–water partition coefficient (Wildman–Crippen LogP) is 2.67. The molecule has 3 N–H and O–H groups in total. The van der Waals surface area contributed by atoms with E-state index in [0.717, 1.165) is 16.9 Å². The highest BCUT2D eigenvalue weighted by atomic mass is 32.2. The molecule has 1 aliphatic heterocycles. The van der Waals surface area contributed by atoms with E-state index in [-0.39, 0.29) is 4.90 Å². The summed E-state index contributed by atoms with van der Waals surface area (Å²) < 4.78 is 35.6. The number of rotatable bonds is 4. The largest absolute Gasteiger partial charge is 0.326 e. The van der Waals surface area contributed by atoms with Gasteiger partial charge in [-0.1, -0.05) is 18.2 Å². The number of nitrogens with two attached hydrogens (primary N) is 1. The fourth-order valence-electron chi connectivity index (χ4n) is 1.92. The van der Waals surface area contributed by atoms with Crippen LogP contribution < -0.4 is 10.5 Å². The zero-order valence-electron chi connectivity index (χ0n) is 10.9. The maximum absolute atomic E-state index is 12.5. The average molecular weight is 320 g/mol. The van der Waals surface area contributed by atoms with Crippen molar-refractivity contribution in [3.05, 3.63) is 48.0 Å². The fraction of sp³-hybridized carbons (Fsp3) is 0.0769. The predicted molar refractivity (Wildman–Crippen MR) is 83.1 cm³/mol. The zero-order chi connectivity index (χ0) is 14.9. The highest BCUT2D eigenvalue weighted by molar-refractivity contribution is 7.93. The Hall–Kier alpha value is -2.03. The van der Waals surface area contributed by atoms with Crippen molar-refractivity contribution in [2.45, 2.75) is 11.4 Å². The molecule has 2 aromatic rings. The zero-order valence-corrected chi connectivity index (χ0v) is 12.5. The van der Waals surface area contributed by atoms with Gasteiger partial charge in [0.2, 0.25) is 0 Å². The van der Waals surface area contributed by atoms with Gasteiger partial charge in [0.1, 0.15) is 16.3 Å². The smallest absolute Gasteiger partial charge is 0.264 e. The summed E-state index contributed by atoms with van der Waals surface area (Å²) in [6.07, 6.45) is 0. The molecule has 6 nitrogen and oxygen atoms in total. The third-order valence-electron chi connectivity index (χ3n) is 2.98. The Bertz CT molecular complexity index is 854. The van der Waals surface area contributed by atoms with Crippen molar-refractivity contribution < 1.29 is 8.42 Å². The van der Waals surface area contributed by atoms with Crippen LogP contribution in [0.15, 0.2) is 56.1 Å². The maximum Gasteiger partial charge on any atom is 0.264 e. The quantitative estimate of drug-likeness (QED) is 0.773. The van der Waals surface area contributed by atoms with Crippen LogP contribution in [-0.4, -0.2) is 8.42 Å². The van der Waals surface area contributed by atoms with Crippen LogP contribution >= 0.6 is 0 Å². The molecule has 2 aromatic carbocycles. The summed E-state index contributed by atoms with van der Waals surface area (Å²) in [6, 6.07) is 11.8. The lowest BCUT2D eigenvalue weighted by atomic mass is 10.2. The van der Waals surface area contributed by atoms with Crippen LogP contribution in [0.1, 0.15) is 5.56 Å². The lowest BCUT2D eigenvalue weighted by Crippen LogP contribution is -2.13. The highest BCUT2D eigenvalue weighted by Crippen LogP contribution is 2.37. The fourth-order valence-corrected chi connectivity index (χ4v) is 3.74. The number of benzene rings is 2. The summed E-state index contributed by atoms with van der Waals surface area (Å²) in [5.74, 6) is 0. The number of nitrogens with one attached hydrogen (secondary N) is 1. The first kappa shape index (κ1) is 13.9. The monoisotopic (exact) mass is 320 g/mol. The number of nitrogens with zero attached hydrogens (tertiary/aromatic N) is 2. The molecule has 1 heterocycles. The van der Waals surface area contributed by atoms with Gasteiger partial charge in [-0.25, -0.2) is 8.42 Å². The maximum atomic E-state index is 12.5. The molecule has 1 aliphatic rings. The van der Waals surface area contributed by atoms with Gasteiger partial charge in [0.05, 0.1) is 11.4 Å². The summed E-state index contributed by atoms with van der Waals surface area (Å²) in [5, 5.41) is 0. The number of fused-ring (bicyclic) bond motifs is 1. The van der Waals surface area contributed by atoms with E-state index >= 15 is 0 Å². The molecule has 0 saturated carbocycles. The normalized spacial score (nSPS) is 12.8. The van der Waals surface area contributed by atoms with E-state index in [2.05, 4.69) is 13.4 Å². The van der Waals surface area contributed by atoms with Gasteiger partial charge >= 0.3 is 0 Å². The van der Waals surface area contributed by atoms with E-state index < -0.39 is 10.0 Å². The molecule has 0 aliphatic carbocycles. The molecule has 0 amide bonds. The van der Waals surface area contributed by atoms with Crippen LogP contribution in [0, 0.1) is 0 Å². The third kappa shape index (κ3) is 2.73. The Kier molecular flexibility index (Phi) is 3.58. The summed E-state index contributed by atoms with van der Waals surface area (Å²) >= 11 is 0.988. The van der Waals surface area contributed by atoms with Crippen molar-refractivity contribution in [1.29, 1.82) is 0 Å². The van der Waals surface area contributed by atoms with Gasteiger partial charge in [-0.3, -0.25) is 4.72 Å². The molecule has 0 bridgehead atoms. The second kappa shape index (κ2) is 5.40. The molecular formula is C13H12N4O2S2. The van der Waals surface area contributed by atoms with Gasteiger partial charge in [0, 0.05) is 12.2 Å². The van der Waals surface area contributed by atoms with Crippen LogP contribution in [0.4, 0.5) is 17.1 Å². The Morgan fingerprint density at radius 1 is 1.10 bits per heavy atom. The van der Waals surface area contributed by atoms with Gasteiger partial charge in [0.25, 0.3) is 10.0 Å². The Morgan fingerprint density at radius 3 is 2.57 bits per heavy atom. The molecule has 21 heavy (non-hydrogen) atoms. The average Bonchev–Trinajstić information content (AvgIpc) is 2.95. The van der Waals surface area contributed by atoms with Crippen LogP contribution in [0.3, 0.4) is 0 Å². The first-order valence-corrected chi connectivity index (χ1v) is 8.34. The van der Waals surface area contributed by atoms with Gasteiger partial charge in [-0.15, -0.1) is 0 Å². The van der Waals surface area contributed by atoms with E-state index in [1.165, 1.54) is 6.07 Å². The van der Waals surface area contributed by atoms with Crippen molar-refractivity contribution in [1.82, 2.24) is 0 Å². The summed E-state index contributed by atoms with van der Waals surface area (Å²) in [5.41, 5.74) is 7.88. The van der Waals surface area contributed by atoms with Crippen molar-refractivity contribution >= 4 is 38.4 Å². The van der Waals surface area contributed by atoms with Crippen molar-refractivity contribution in [3.63, 3.8) is 0 Å². The Balaban J connectivity index is 1.94. The van der Waals surface area contributed by atoms with Crippen LogP contribution in [0.2, 0.25) is 0 Å². The molecule has 108 valence electrons. The standard InChI is InChI=1S/C13H12N4O2S2/c14-8-9-4-6-10(7-5-9)17-21(18,19)12-3-1-2-11-13(12)16-20-15-11/h1-7,17H,8,14H2. The van der Waals surface area contributed by atoms with Gasteiger partial charge in [-0.2, -0.15) is 8.73 Å². The minimum atomic E-state index is -3.71. The molecule has 3 rings (SSSR count). The Morgan fingerprint density at radius 2 is 1.86 bits per heavy atom. The molecule has 0 fully saturated rings. The molecule has 0 aromatic heterocycles. The number of hydrogen-bond acceptors (Lipinski definition) is 5. The topological polar surface area (TPSA) is 96.9 Å². The second-order valence-corrected chi connectivity index (χ2v) is 6.57.